The number of amides is 1. The fourth-order valence-corrected chi connectivity index (χ4v) is 2.10. The number of likely N-dealkylation sites (N-methyl/N-ethyl adjacent to an activating group) is 2. The highest BCUT2D eigenvalue weighted by Gasteiger charge is 2.20. The predicted octanol–water partition coefficient (Wildman–Crippen LogP) is 1.39. The van der Waals surface area contributed by atoms with Crippen LogP contribution in [0, 0.1) is 10.1 Å². The molecule has 1 aromatic rings. The molecule has 0 unspecified atom stereocenters. The van der Waals surface area contributed by atoms with Gasteiger partial charge in [0.2, 0.25) is 5.91 Å². The van der Waals surface area contributed by atoms with Crippen molar-refractivity contribution in [2.45, 2.75) is 20.5 Å². The third-order valence-electron chi connectivity index (χ3n) is 3.32. The maximum atomic E-state index is 12.1. The quantitative estimate of drug-likeness (QED) is 0.607. The lowest BCUT2D eigenvalue weighted by molar-refractivity contribution is -0.384. The van der Waals surface area contributed by atoms with E-state index in [1.165, 1.54) is 6.07 Å². The van der Waals surface area contributed by atoms with Crippen LogP contribution in [0.3, 0.4) is 0 Å². The highest BCUT2D eigenvalue weighted by molar-refractivity contribution is 5.82. The summed E-state index contributed by atoms with van der Waals surface area (Å²) >= 11 is 0. The number of rotatable bonds is 7. The zero-order chi connectivity index (χ0) is 16.0. The van der Waals surface area contributed by atoms with Crippen LogP contribution >= 0.6 is 0 Å². The molecule has 0 saturated heterocycles. The van der Waals surface area contributed by atoms with E-state index in [2.05, 4.69) is 0 Å². The average Bonchev–Trinajstić information content (AvgIpc) is 2.47. The van der Waals surface area contributed by atoms with E-state index in [0.717, 1.165) is 0 Å². The third-order valence-corrected chi connectivity index (χ3v) is 3.32. The first-order chi connectivity index (χ1) is 9.94. The van der Waals surface area contributed by atoms with Gasteiger partial charge < -0.3 is 14.9 Å². The van der Waals surface area contributed by atoms with Crippen molar-refractivity contribution in [3.8, 4) is 0 Å². The first kappa shape index (κ1) is 16.9. The molecule has 0 bridgehead atoms. The molecule has 0 aromatic heterocycles. The van der Waals surface area contributed by atoms with Gasteiger partial charge in [-0.1, -0.05) is 6.07 Å². The van der Waals surface area contributed by atoms with Crippen molar-refractivity contribution in [1.82, 2.24) is 4.90 Å². The maximum Gasteiger partial charge on any atom is 0.292 e. The molecule has 7 nitrogen and oxygen atoms in total. The Labute approximate surface area is 123 Å². The van der Waals surface area contributed by atoms with Gasteiger partial charge >= 0.3 is 0 Å². The first-order valence-corrected chi connectivity index (χ1v) is 6.81. The van der Waals surface area contributed by atoms with Crippen LogP contribution in [0.25, 0.3) is 0 Å². The van der Waals surface area contributed by atoms with Gasteiger partial charge in [0.05, 0.1) is 18.1 Å². The summed E-state index contributed by atoms with van der Waals surface area (Å²) in [5.74, 6) is -0.0805. The van der Waals surface area contributed by atoms with Crippen molar-refractivity contribution in [3.63, 3.8) is 0 Å². The molecular formula is C14H21N3O4. The fraction of sp³-hybridized carbons (Fsp3) is 0.500. The van der Waals surface area contributed by atoms with Crippen molar-refractivity contribution >= 4 is 17.3 Å². The van der Waals surface area contributed by atoms with E-state index in [-0.39, 0.29) is 24.7 Å². The molecular weight excluding hydrogens is 274 g/mol. The lowest BCUT2D eigenvalue weighted by Crippen LogP contribution is -2.39. The van der Waals surface area contributed by atoms with E-state index < -0.39 is 4.92 Å². The number of anilines is 1. The van der Waals surface area contributed by atoms with Crippen LogP contribution in [-0.2, 0) is 11.4 Å². The second-order valence-electron chi connectivity index (χ2n) is 4.66. The van der Waals surface area contributed by atoms with Crippen molar-refractivity contribution in [1.29, 1.82) is 0 Å². The van der Waals surface area contributed by atoms with E-state index in [9.17, 15) is 14.9 Å². The number of nitro benzene ring substituents is 1. The van der Waals surface area contributed by atoms with E-state index in [1.807, 2.05) is 13.8 Å². The summed E-state index contributed by atoms with van der Waals surface area (Å²) in [5, 5.41) is 20.2. The van der Waals surface area contributed by atoms with Crippen LogP contribution in [0.5, 0.6) is 0 Å². The van der Waals surface area contributed by atoms with Gasteiger partial charge in [0.25, 0.3) is 5.69 Å². The Morgan fingerprint density at radius 2 is 1.95 bits per heavy atom. The monoisotopic (exact) mass is 295 g/mol. The largest absolute Gasteiger partial charge is 0.392 e. The van der Waals surface area contributed by atoms with Crippen LogP contribution < -0.4 is 4.90 Å². The molecule has 0 spiro atoms. The molecule has 0 aliphatic heterocycles. The summed E-state index contributed by atoms with van der Waals surface area (Å²) in [6.07, 6.45) is 0. The number of benzene rings is 1. The van der Waals surface area contributed by atoms with Gasteiger partial charge in [-0.05, 0) is 25.5 Å². The molecule has 0 radical (unpaired) electrons. The zero-order valence-corrected chi connectivity index (χ0v) is 12.6. The van der Waals surface area contributed by atoms with Crippen LogP contribution in [0.2, 0.25) is 0 Å². The number of nitro groups is 1. The highest BCUT2D eigenvalue weighted by Crippen LogP contribution is 2.28. The molecule has 0 heterocycles. The second kappa shape index (κ2) is 7.58. The van der Waals surface area contributed by atoms with Crippen molar-refractivity contribution < 1.29 is 14.8 Å². The van der Waals surface area contributed by atoms with Gasteiger partial charge in [-0.3, -0.25) is 14.9 Å². The zero-order valence-electron chi connectivity index (χ0n) is 12.6. The molecule has 7 heteroatoms. The standard InChI is InChI=1S/C14H21N3O4/c1-4-16(5-2)14(19)9-15(3)12-7-6-11(10-18)8-13(12)17(20)21/h6-8,18H,4-5,9-10H2,1-3H3. The van der Waals surface area contributed by atoms with Crippen LogP contribution in [0.1, 0.15) is 19.4 Å². The number of carbonyl (C=O) groups excluding carboxylic acids is 1. The molecule has 0 fully saturated rings. The smallest absolute Gasteiger partial charge is 0.292 e. The molecule has 116 valence electrons. The summed E-state index contributed by atoms with van der Waals surface area (Å²) in [4.78, 5) is 25.9. The normalized spacial score (nSPS) is 10.3. The molecule has 0 atom stereocenters. The Kier molecular flexibility index (Phi) is 6.10. The van der Waals surface area contributed by atoms with E-state index >= 15 is 0 Å². The van der Waals surface area contributed by atoms with Gasteiger partial charge in [-0.2, -0.15) is 0 Å². The van der Waals surface area contributed by atoms with Gasteiger partial charge in [0, 0.05) is 26.2 Å². The minimum atomic E-state index is -0.507. The van der Waals surface area contributed by atoms with Crippen LogP contribution in [0.4, 0.5) is 11.4 Å². The minimum absolute atomic E-state index is 0.0704. The summed E-state index contributed by atoms with van der Waals surface area (Å²) < 4.78 is 0. The molecule has 1 rings (SSSR count). The first-order valence-electron chi connectivity index (χ1n) is 6.81. The summed E-state index contributed by atoms with van der Waals surface area (Å²) in [5.41, 5.74) is 0.711. The number of aliphatic hydroxyl groups is 1. The maximum absolute atomic E-state index is 12.1. The second-order valence-corrected chi connectivity index (χ2v) is 4.66. The lowest BCUT2D eigenvalue weighted by atomic mass is 10.1. The van der Waals surface area contributed by atoms with E-state index in [4.69, 9.17) is 5.11 Å². The topological polar surface area (TPSA) is 86.9 Å². The highest BCUT2D eigenvalue weighted by atomic mass is 16.6. The number of carbonyl (C=O) groups is 1. The lowest BCUT2D eigenvalue weighted by Gasteiger charge is -2.24. The Balaban J connectivity index is 2.99. The fourth-order valence-electron chi connectivity index (χ4n) is 2.10. The average molecular weight is 295 g/mol. The number of aliphatic hydroxyl groups excluding tert-OH is 1. The molecule has 1 aromatic carbocycles. The predicted molar refractivity (Wildman–Crippen MR) is 80.2 cm³/mol. The number of hydrogen-bond donors (Lipinski definition) is 1. The Bertz CT molecular complexity index is 515. The SMILES string of the molecule is CCN(CC)C(=O)CN(C)c1ccc(CO)cc1[N+](=O)[O-]. The summed E-state index contributed by atoms with van der Waals surface area (Å²) in [6, 6.07) is 4.49. The van der Waals surface area contributed by atoms with E-state index in [1.54, 1.807) is 29.0 Å². The van der Waals surface area contributed by atoms with Crippen LogP contribution in [0.15, 0.2) is 18.2 Å². The molecule has 0 aliphatic carbocycles. The molecule has 21 heavy (non-hydrogen) atoms. The van der Waals surface area contributed by atoms with Gasteiger partial charge in [-0.25, -0.2) is 0 Å². The van der Waals surface area contributed by atoms with Gasteiger partial charge in [0.1, 0.15) is 5.69 Å². The van der Waals surface area contributed by atoms with Crippen molar-refractivity contribution in [3.05, 3.63) is 33.9 Å². The van der Waals surface area contributed by atoms with Gasteiger partial charge in [-0.15, -0.1) is 0 Å². The molecule has 1 amide bonds. The van der Waals surface area contributed by atoms with Gasteiger partial charge in [0.15, 0.2) is 0 Å². The number of nitrogens with zero attached hydrogens (tertiary/aromatic N) is 3. The Morgan fingerprint density at radius 3 is 2.43 bits per heavy atom. The molecule has 0 saturated carbocycles. The summed E-state index contributed by atoms with van der Waals surface area (Å²) in [6.45, 7) is 4.80. The molecule has 0 aliphatic rings. The Hall–Kier alpha value is -2.15. The minimum Gasteiger partial charge on any atom is -0.392 e. The molecule has 1 N–H and O–H groups in total. The number of hydrogen-bond acceptors (Lipinski definition) is 5. The summed E-state index contributed by atoms with van der Waals surface area (Å²) in [7, 11) is 1.64. The van der Waals surface area contributed by atoms with Crippen molar-refractivity contribution in [2.75, 3.05) is 31.6 Å². The van der Waals surface area contributed by atoms with E-state index in [0.29, 0.717) is 24.3 Å². The van der Waals surface area contributed by atoms with Crippen LogP contribution in [-0.4, -0.2) is 47.5 Å². The Morgan fingerprint density at radius 1 is 1.33 bits per heavy atom. The van der Waals surface area contributed by atoms with Crippen molar-refractivity contribution in [2.24, 2.45) is 0 Å². The third kappa shape index (κ3) is 4.16.